The highest BCUT2D eigenvalue weighted by Crippen LogP contribution is 2.22. The van der Waals surface area contributed by atoms with E-state index in [-0.39, 0.29) is 12.5 Å². The first-order valence-corrected chi connectivity index (χ1v) is 15.4. The molecule has 0 aromatic rings. The van der Waals surface area contributed by atoms with E-state index in [1.807, 2.05) is 6.08 Å². The number of amides is 1. The van der Waals surface area contributed by atoms with Gasteiger partial charge in [-0.1, -0.05) is 103 Å². The summed E-state index contributed by atoms with van der Waals surface area (Å²) in [4.78, 5) is 12.7. The lowest BCUT2D eigenvalue weighted by Gasteiger charge is -2.40. The largest absolute Gasteiger partial charge is 0.394 e. The van der Waals surface area contributed by atoms with Gasteiger partial charge in [-0.15, -0.1) is 0 Å². The lowest BCUT2D eigenvalue weighted by molar-refractivity contribution is -0.302. The van der Waals surface area contributed by atoms with E-state index in [4.69, 9.17) is 9.47 Å². The van der Waals surface area contributed by atoms with E-state index in [0.29, 0.717) is 6.42 Å². The first-order chi connectivity index (χ1) is 18.8. The molecular weight excluding hydrogens is 502 g/mol. The summed E-state index contributed by atoms with van der Waals surface area (Å²) >= 11 is 0. The Bertz CT molecular complexity index is 632. The average Bonchev–Trinajstić information content (AvgIpc) is 2.93. The van der Waals surface area contributed by atoms with Crippen molar-refractivity contribution in [2.24, 2.45) is 0 Å². The Balaban J connectivity index is 2.54. The molecule has 1 heterocycles. The van der Waals surface area contributed by atoms with Gasteiger partial charge in [0.25, 0.3) is 0 Å². The second-order valence-corrected chi connectivity index (χ2v) is 10.9. The second kappa shape index (κ2) is 22.6. The van der Waals surface area contributed by atoms with Crippen molar-refractivity contribution in [3.05, 3.63) is 12.2 Å². The Morgan fingerprint density at radius 1 is 0.846 bits per heavy atom. The fourth-order valence-electron chi connectivity index (χ4n) is 4.74. The summed E-state index contributed by atoms with van der Waals surface area (Å²) in [5.41, 5.74) is 0. The van der Waals surface area contributed by atoms with Gasteiger partial charge in [-0.25, -0.2) is 0 Å². The van der Waals surface area contributed by atoms with E-state index in [9.17, 15) is 30.3 Å². The van der Waals surface area contributed by atoms with Crippen molar-refractivity contribution in [2.75, 3.05) is 13.2 Å². The van der Waals surface area contributed by atoms with Crippen LogP contribution in [0, 0.1) is 0 Å². The fourth-order valence-corrected chi connectivity index (χ4v) is 4.74. The highest BCUT2D eigenvalue weighted by Gasteiger charge is 2.44. The highest BCUT2D eigenvalue weighted by atomic mass is 16.7. The summed E-state index contributed by atoms with van der Waals surface area (Å²) in [5.74, 6) is -0.188. The maximum Gasteiger partial charge on any atom is 0.220 e. The summed E-state index contributed by atoms with van der Waals surface area (Å²) in [7, 11) is 0. The summed E-state index contributed by atoms with van der Waals surface area (Å²) in [6.45, 7) is 3.62. The topological polar surface area (TPSA) is 149 Å². The van der Waals surface area contributed by atoms with Crippen LogP contribution in [0.25, 0.3) is 0 Å². The van der Waals surface area contributed by atoms with Crippen molar-refractivity contribution in [3.63, 3.8) is 0 Å². The zero-order valence-corrected chi connectivity index (χ0v) is 24.4. The number of aliphatic hydroxyl groups is 5. The molecule has 39 heavy (non-hydrogen) atoms. The molecule has 0 radical (unpaired) electrons. The summed E-state index contributed by atoms with van der Waals surface area (Å²) in [6, 6.07) is -0.792. The zero-order chi connectivity index (χ0) is 28.9. The molecule has 1 aliphatic heterocycles. The van der Waals surface area contributed by atoms with Crippen molar-refractivity contribution >= 4 is 5.91 Å². The molecule has 9 heteroatoms. The molecule has 0 bridgehead atoms. The average molecular weight is 560 g/mol. The van der Waals surface area contributed by atoms with Crippen LogP contribution in [0.5, 0.6) is 0 Å². The minimum absolute atomic E-state index is 0.187. The predicted octanol–water partition coefficient (Wildman–Crippen LogP) is 3.49. The lowest BCUT2D eigenvalue weighted by atomic mass is 9.99. The van der Waals surface area contributed by atoms with Gasteiger partial charge in [0.1, 0.15) is 24.4 Å². The highest BCUT2D eigenvalue weighted by molar-refractivity contribution is 5.76. The van der Waals surface area contributed by atoms with Crippen LogP contribution in [0.15, 0.2) is 12.2 Å². The van der Waals surface area contributed by atoms with Crippen LogP contribution in [-0.2, 0) is 14.3 Å². The smallest absolute Gasteiger partial charge is 0.220 e. The molecule has 6 N–H and O–H groups in total. The lowest BCUT2D eigenvalue weighted by Crippen LogP contribution is -2.60. The van der Waals surface area contributed by atoms with Crippen molar-refractivity contribution in [3.8, 4) is 0 Å². The predicted molar refractivity (Wildman–Crippen MR) is 152 cm³/mol. The number of hydrogen-bond donors (Lipinski definition) is 6. The molecule has 0 saturated carbocycles. The van der Waals surface area contributed by atoms with Gasteiger partial charge in [0.15, 0.2) is 6.29 Å². The molecule has 230 valence electrons. The monoisotopic (exact) mass is 559 g/mol. The van der Waals surface area contributed by atoms with Crippen LogP contribution in [0.4, 0.5) is 0 Å². The number of carbonyl (C=O) groups is 1. The first-order valence-electron chi connectivity index (χ1n) is 15.4. The van der Waals surface area contributed by atoms with E-state index < -0.39 is 49.5 Å². The molecule has 9 nitrogen and oxygen atoms in total. The number of unbranched alkanes of at least 4 members (excludes halogenated alkanes) is 13. The fraction of sp³-hybridized carbons (Fsp3) is 0.900. The number of hydrogen-bond acceptors (Lipinski definition) is 8. The van der Waals surface area contributed by atoms with E-state index >= 15 is 0 Å². The molecule has 0 aromatic carbocycles. The molecule has 0 spiro atoms. The van der Waals surface area contributed by atoms with Crippen molar-refractivity contribution in [2.45, 2.75) is 159 Å². The van der Waals surface area contributed by atoms with Gasteiger partial charge in [-0.2, -0.15) is 0 Å². The van der Waals surface area contributed by atoms with Gasteiger partial charge in [0.2, 0.25) is 5.91 Å². The Kier molecular flexibility index (Phi) is 20.8. The first kappa shape index (κ1) is 36.0. The number of carbonyl (C=O) groups excluding carboxylic acids is 1. The summed E-state index contributed by atoms with van der Waals surface area (Å²) < 4.78 is 11.0. The molecule has 1 rings (SSSR count). The van der Waals surface area contributed by atoms with Crippen LogP contribution >= 0.6 is 0 Å². The quantitative estimate of drug-likeness (QED) is 0.0823. The van der Waals surface area contributed by atoms with Crippen LogP contribution in [-0.4, -0.2) is 87.5 Å². The molecule has 1 saturated heterocycles. The third-order valence-electron chi connectivity index (χ3n) is 7.36. The van der Waals surface area contributed by atoms with Gasteiger partial charge in [0.05, 0.1) is 25.4 Å². The second-order valence-electron chi connectivity index (χ2n) is 10.9. The minimum atomic E-state index is -1.56. The summed E-state index contributed by atoms with van der Waals surface area (Å²) in [5, 5.41) is 53.3. The molecule has 1 aliphatic rings. The van der Waals surface area contributed by atoms with Crippen molar-refractivity contribution in [1.82, 2.24) is 5.32 Å². The van der Waals surface area contributed by atoms with Gasteiger partial charge in [0, 0.05) is 6.42 Å². The number of rotatable bonds is 23. The maximum atomic E-state index is 12.7. The third-order valence-corrected chi connectivity index (χ3v) is 7.36. The molecule has 7 unspecified atom stereocenters. The minimum Gasteiger partial charge on any atom is -0.394 e. The third kappa shape index (κ3) is 15.5. The molecular formula is C30H57NO8. The molecule has 0 aliphatic carbocycles. The van der Waals surface area contributed by atoms with E-state index in [1.165, 1.54) is 51.4 Å². The van der Waals surface area contributed by atoms with Crippen LogP contribution < -0.4 is 5.32 Å². The van der Waals surface area contributed by atoms with Gasteiger partial charge in [-0.05, 0) is 19.3 Å². The van der Waals surface area contributed by atoms with E-state index in [2.05, 4.69) is 19.2 Å². The summed E-state index contributed by atoms with van der Waals surface area (Å²) in [6.07, 6.45) is 12.9. The Labute approximate surface area is 236 Å². The number of allylic oxidation sites excluding steroid dienone is 1. The van der Waals surface area contributed by atoms with Gasteiger partial charge in [-0.3, -0.25) is 4.79 Å². The van der Waals surface area contributed by atoms with E-state index in [1.54, 1.807) is 6.08 Å². The van der Waals surface area contributed by atoms with Crippen LogP contribution in [0.3, 0.4) is 0 Å². The van der Waals surface area contributed by atoms with Gasteiger partial charge < -0.3 is 40.3 Å². The maximum absolute atomic E-state index is 12.7. The van der Waals surface area contributed by atoms with E-state index in [0.717, 1.165) is 44.9 Å². The van der Waals surface area contributed by atoms with Crippen LogP contribution in [0.1, 0.15) is 117 Å². The number of nitrogens with one attached hydrogen (secondary N) is 1. The molecule has 1 amide bonds. The number of ether oxygens (including phenoxy) is 2. The Morgan fingerprint density at radius 2 is 1.41 bits per heavy atom. The van der Waals surface area contributed by atoms with Crippen molar-refractivity contribution in [1.29, 1.82) is 0 Å². The SMILES string of the molecule is CCCCCC/C=C/C(O)C(COC1OC(CO)C(O)C(O)C1O)NC(=O)CCCCCCCCCCCC. The number of aliphatic hydroxyl groups excluding tert-OH is 5. The normalized spacial score (nSPS) is 25.2. The standard InChI is InChI=1S/C30H57NO8/c1-3-5-7-9-11-12-13-14-16-18-20-26(34)31-23(24(33)19-17-15-10-8-6-4-2)22-38-30-29(37)28(36)27(35)25(21-32)39-30/h17,19,23-25,27-30,32-33,35-37H,3-16,18,20-22H2,1-2H3,(H,31,34)/b19-17+. The molecule has 1 fully saturated rings. The van der Waals surface area contributed by atoms with Gasteiger partial charge >= 0.3 is 0 Å². The van der Waals surface area contributed by atoms with Crippen molar-refractivity contribution < 1.29 is 39.8 Å². The zero-order valence-electron chi connectivity index (χ0n) is 24.4. The van der Waals surface area contributed by atoms with Crippen LogP contribution in [0.2, 0.25) is 0 Å². The Morgan fingerprint density at radius 3 is 2.00 bits per heavy atom. The molecule has 0 aromatic heterocycles. The Hall–Kier alpha value is -1.07. The molecule has 7 atom stereocenters.